The molecule has 1 fully saturated rings. The second-order valence-corrected chi connectivity index (χ2v) is 6.84. The number of nitrogens with one attached hydrogen (secondary N) is 3. The maximum Gasteiger partial charge on any atom is 0.240 e. The molecule has 0 spiro atoms. The highest BCUT2D eigenvalue weighted by molar-refractivity contribution is 7.89. The van der Waals surface area contributed by atoms with Crippen molar-refractivity contribution < 1.29 is 13.2 Å². The van der Waals surface area contributed by atoms with Gasteiger partial charge in [0.15, 0.2) is 0 Å². The van der Waals surface area contributed by atoms with Gasteiger partial charge in [0.05, 0.1) is 4.90 Å². The molecular weight excluding hydrogens is 290 g/mol. The number of benzene rings is 1. The van der Waals surface area contributed by atoms with Gasteiger partial charge in [0.25, 0.3) is 0 Å². The Hall–Kier alpha value is -1.44. The Morgan fingerprint density at radius 3 is 2.62 bits per heavy atom. The summed E-state index contributed by atoms with van der Waals surface area (Å²) in [7, 11) is -3.45. The minimum absolute atomic E-state index is 0.0586. The van der Waals surface area contributed by atoms with Crippen LogP contribution in [0, 0.1) is 0 Å². The highest BCUT2D eigenvalue weighted by atomic mass is 32.2. The molecule has 7 heteroatoms. The third-order valence-electron chi connectivity index (χ3n) is 3.38. The topological polar surface area (TPSA) is 87.3 Å². The first-order valence-electron chi connectivity index (χ1n) is 7.14. The fourth-order valence-electron chi connectivity index (χ4n) is 2.36. The van der Waals surface area contributed by atoms with Crippen LogP contribution in [0.25, 0.3) is 0 Å². The van der Waals surface area contributed by atoms with Crippen LogP contribution in [0.15, 0.2) is 29.2 Å². The lowest BCUT2D eigenvalue weighted by atomic mass is 10.1. The van der Waals surface area contributed by atoms with Crippen LogP contribution in [-0.4, -0.2) is 33.5 Å². The van der Waals surface area contributed by atoms with Gasteiger partial charge in [-0.3, -0.25) is 4.79 Å². The SMILES string of the molecule is CCNS(=O)(=O)c1ccc(NC(=O)CC2CCCN2)cc1. The van der Waals surface area contributed by atoms with E-state index >= 15 is 0 Å². The molecule has 1 aliphatic heterocycles. The van der Waals surface area contributed by atoms with E-state index in [0.717, 1.165) is 19.4 Å². The zero-order valence-corrected chi connectivity index (χ0v) is 12.9. The van der Waals surface area contributed by atoms with E-state index in [0.29, 0.717) is 18.7 Å². The zero-order valence-electron chi connectivity index (χ0n) is 12.1. The van der Waals surface area contributed by atoms with Crippen LogP contribution < -0.4 is 15.4 Å². The molecule has 1 aliphatic rings. The molecule has 116 valence electrons. The predicted octanol–water partition coefficient (Wildman–Crippen LogP) is 1.07. The molecule has 0 aliphatic carbocycles. The molecule has 1 saturated heterocycles. The molecule has 1 aromatic carbocycles. The van der Waals surface area contributed by atoms with Gasteiger partial charge in [0.2, 0.25) is 15.9 Å². The number of hydrogen-bond acceptors (Lipinski definition) is 4. The van der Waals surface area contributed by atoms with E-state index in [1.807, 2.05) is 0 Å². The largest absolute Gasteiger partial charge is 0.326 e. The average molecular weight is 311 g/mol. The summed E-state index contributed by atoms with van der Waals surface area (Å²) in [6.07, 6.45) is 2.57. The van der Waals surface area contributed by atoms with Crippen molar-refractivity contribution in [2.75, 3.05) is 18.4 Å². The molecule has 2 rings (SSSR count). The zero-order chi connectivity index (χ0) is 15.3. The van der Waals surface area contributed by atoms with Gasteiger partial charge in [0, 0.05) is 24.7 Å². The Labute approximate surface area is 125 Å². The van der Waals surface area contributed by atoms with Gasteiger partial charge in [-0.15, -0.1) is 0 Å². The highest BCUT2D eigenvalue weighted by Crippen LogP contribution is 2.15. The van der Waals surface area contributed by atoms with Crippen LogP contribution >= 0.6 is 0 Å². The number of carbonyl (C=O) groups is 1. The predicted molar refractivity (Wildman–Crippen MR) is 81.6 cm³/mol. The second-order valence-electron chi connectivity index (χ2n) is 5.07. The van der Waals surface area contributed by atoms with Crippen LogP contribution in [0.3, 0.4) is 0 Å². The summed E-state index contributed by atoms with van der Waals surface area (Å²) in [5.74, 6) is -0.0586. The lowest BCUT2D eigenvalue weighted by molar-refractivity contribution is -0.116. The van der Waals surface area contributed by atoms with E-state index in [2.05, 4.69) is 15.4 Å². The summed E-state index contributed by atoms with van der Waals surface area (Å²) in [4.78, 5) is 12.1. The van der Waals surface area contributed by atoms with E-state index in [4.69, 9.17) is 0 Å². The van der Waals surface area contributed by atoms with Crippen molar-refractivity contribution in [3.8, 4) is 0 Å². The number of hydrogen-bond donors (Lipinski definition) is 3. The van der Waals surface area contributed by atoms with Crippen LogP contribution in [0.2, 0.25) is 0 Å². The minimum Gasteiger partial charge on any atom is -0.326 e. The molecule has 3 N–H and O–H groups in total. The summed E-state index contributed by atoms with van der Waals surface area (Å²) < 4.78 is 26.0. The Balaban J connectivity index is 1.94. The smallest absolute Gasteiger partial charge is 0.240 e. The molecule has 1 aromatic rings. The standard InChI is InChI=1S/C14H21N3O3S/c1-2-16-21(19,20)13-7-5-11(6-8-13)17-14(18)10-12-4-3-9-15-12/h5-8,12,15-16H,2-4,9-10H2,1H3,(H,17,18). The molecule has 0 radical (unpaired) electrons. The van der Waals surface area contributed by atoms with Crippen molar-refractivity contribution in [2.24, 2.45) is 0 Å². The van der Waals surface area contributed by atoms with E-state index in [1.54, 1.807) is 19.1 Å². The summed E-state index contributed by atoms with van der Waals surface area (Å²) in [5.41, 5.74) is 0.605. The summed E-state index contributed by atoms with van der Waals surface area (Å²) >= 11 is 0. The normalized spacial score (nSPS) is 18.6. The number of anilines is 1. The molecule has 0 saturated carbocycles. The minimum atomic E-state index is -3.45. The van der Waals surface area contributed by atoms with Crippen LogP contribution in [0.5, 0.6) is 0 Å². The van der Waals surface area contributed by atoms with Crippen molar-refractivity contribution in [3.05, 3.63) is 24.3 Å². The number of carbonyl (C=O) groups excluding carboxylic acids is 1. The molecule has 1 atom stereocenters. The highest BCUT2D eigenvalue weighted by Gasteiger charge is 2.18. The first kappa shape index (κ1) is 15.9. The first-order valence-corrected chi connectivity index (χ1v) is 8.62. The van der Waals surface area contributed by atoms with Crippen molar-refractivity contribution in [3.63, 3.8) is 0 Å². The van der Waals surface area contributed by atoms with Crippen molar-refractivity contribution in [2.45, 2.75) is 37.1 Å². The second kappa shape index (κ2) is 7.02. The maximum absolute atomic E-state index is 11.9. The van der Waals surface area contributed by atoms with Crippen molar-refractivity contribution in [1.29, 1.82) is 0 Å². The molecular formula is C14H21N3O3S. The summed E-state index contributed by atoms with van der Waals surface area (Å²) in [6.45, 7) is 3.04. The molecule has 1 heterocycles. The van der Waals surface area contributed by atoms with E-state index in [-0.39, 0.29) is 16.8 Å². The Morgan fingerprint density at radius 2 is 2.05 bits per heavy atom. The van der Waals surface area contributed by atoms with Gasteiger partial charge in [-0.25, -0.2) is 13.1 Å². The van der Waals surface area contributed by atoms with Gasteiger partial charge < -0.3 is 10.6 Å². The number of amides is 1. The van der Waals surface area contributed by atoms with Gasteiger partial charge in [-0.2, -0.15) is 0 Å². The maximum atomic E-state index is 11.9. The quantitative estimate of drug-likeness (QED) is 0.733. The first-order chi connectivity index (χ1) is 10.0. The molecule has 1 amide bonds. The van der Waals surface area contributed by atoms with Crippen LogP contribution in [0.1, 0.15) is 26.2 Å². The van der Waals surface area contributed by atoms with Gasteiger partial charge in [-0.05, 0) is 43.7 Å². The fourth-order valence-corrected chi connectivity index (χ4v) is 3.40. The fraction of sp³-hybridized carbons (Fsp3) is 0.500. The van der Waals surface area contributed by atoms with Gasteiger partial charge >= 0.3 is 0 Å². The van der Waals surface area contributed by atoms with Crippen molar-refractivity contribution in [1.82, 2.24) is 10.0 Å². The molecule has 1 unspecified atom stereocenters. The van der Waals surface area contributed by atoms with Gasteiger partial charge in [-0.1, -0.05) is 6.92 Å². The average Bonchev–Trinajstić information content (AvgIpc) is 2.92. The van der Waals surface area contributed by atoms with Crippen LogP contribution in [0.4, 0.5) is 5.69 Å². The van der Waals surface area contributed by atoms with E-state index in [1.165, 1.54) is 12.1 Å². The summed E-state index contributed by atoms with van der Waals surface area (Å²) in [6, 6.07) is 6.43. The molecule has 6 nitrogen and oxygen atoms in total. The lowest BCUT2D eigenvalue weighted by Crippen LogP contribution is -2.27. The van der Waals surface area contributed by atoms with E-state index in [9.17, 15) is 13.2 Å². The molecule has 21 heavy (non-hydrogen) atoms. The summed E-state index contributed by atoms with van der Waals surface area (Å²) in [5, 5.41) is 6.05. The van der Waals surface area contributed by atoms with Gasteiger partial charge in [0.1, 0.15) is 0 Å². The molecule has 0 bridgehead atoms. The number of sulfonamides is 1. The van der Waals surface area contributed by atoms with Crippen molar-refractivity contribution >= 4 is 21.6 Å². The Morgan fingerprint density at radius 1 is 1.33 bits per heavy atom. The third-order valence-corrected chi connectivity index (χ3v) is 4.94. The molecule has 0 aromatic heterocycles. The third kappa shape index (κ3) is 4.52. The van der Waals surface area contributed by atoms with Crippen LogP contribution in [-0.2, 0) is 14.8 Å². The lowest BCUT2D eigenvalue weighted by Gasteiger charge is -2.11. The van der Waals surface area contributed by atoms with E-state index < -0.39 is 10.0 Å². The Bertz CT molecular complexity index is 578. The monoisotopic (exact) mass is 311 g/mol. The number of rotatable bonds is 6. The Kier molecular flexibility index (Phi) is 5.33.